The molecule has 124 valence electrons. The quantitative estimate of drug-likeness (QED) is 0.585. The summed E-state index contributed by atoms with van der Waals surface area (Å²) in [7, 11) is 0. The summed E-state index contributed by atoms with van der Waals surface area (Å²) >= 11 is 11.0. The standard InChI is InChI=1S/C18H17ClFN3S/c1-11-2-5-17-14(8-11)12(10-22-17)6-7-21-18(24)23-13-3-4-16(20)15(19)9-13/h2-5,8-10,22H,6-7H2,1H3,(H2,21,23,24). The topological polar surface area (TPSA) is 39.9 Å². The van der Waals surface area contributed by atoms with Crippen molar-refractivity contribution >= 4 is 45.5 Å². The van der Waals surface area contributed by atoms with Crippen LogP contribution < -0.4 is 10.6 Å². The molecule has 6 heteroatoms. The van der Waals surface area contributed by atoms with Gasteiger partial charge in [0.25, 0.3) is 0 Å². The van der Waals surface area contributed by atoms with Gasteiger partial charge < -0.3 is 15.6 Å². The fraction of sp³-hybridized carbons (Fsp3) is 0.167. The van der Waals surface area contributed by atoms with E-state index in [0.717, 1.165) is 11.9 Å². The van der Waals surface area contributed by atoms with Gasteiger partial charge in [0, 0.05) is 29.3 Å². The second-order valence-electron chi connectivity index (χ2n) is 5.62. The van der Waals surface area contributed by atoms with Crippen molar-refractivity contribution in [2.24, 2.45) is 0 Å². The number of aromatic nitrogens is 1. The molecule has 3 nitrogen and oxygen atoms in total. The molecule has 0 amide bonds. The number of rotatable bonds is 4. The van der Waals surface area contributed by atoms with Gasteiger partial charge in [0.05, 0.1) is 5.02 Å². The number of anilines is 1. The zero-order chi connectivity index (χ0) is 17.1. The molecule has 0 spiro atoms. The summed E-state index contributed by atoms with van der Waals surface area (Å²) in [5.41, 5.74) is 4.27. The first kappa shape index (κ1) is 16.7. The van der Waals surface area contributed by atoms with Gasteiger partial charge in [-0.15, -0.1) is 0 Å². The second-order valence-corrected chi connectivity index (χ2v) is 6.44. The normalized spacial score (nSPS) is 10.8. The van der Waals surface area contributed by atoms with Crippen LogP contribution in [0, 0.1) is 12.7 Å². The van der Waals surface area contributed by atoms with Gasteiger partial charge in [0.15, 0.2) is 5.11 Å². The van der Waals surface area contributed by atoms with Gasteiger partial charge in [0.1, 0.15) is 5.82 Å². The highest BCUT2D eigenvalue weighted by Gasteiger charge is 2.05. The Morgan fingerprint density at radius 1 is 1.25 bits per heavy atom. The third kappa shape index (κ3) is 3.86. The minimum absolute atomic E-state index is 0.0666. The van der Waals surface area contributed by atoms with Crippen LogP contribution in [0.1, 0.15) is 11.1 Å². The highest BCUT2D eigenvalue weighted by Crippen LogP contribution is 2.20. The molecule has 2 aromatic carbocycles. The van der Waals surface area contributed by atoms with E-state index in [9.17, 15) is 4.39 Å². The summed E-state index contributed by atoms with van der Waals surface area (Å²) in [6, 6.07) is 10.8. The number of thiocarbonyl (C=S) groups is 1. The van der Waals surface area contributed by atoms with Crippen LogP contribution in [-0.2, 0) is 6.42 Å². The molecule has 24 heavy (non-hydrogen) atoms. The van der Waals surface area contributed by atoms with Crippen LogP contribution in [0.3, 0.4) is 0 Å². The van der Waals surface area contributed by atoms with Crippen LogP contribution in [0.4, 0.5) is 10.1 Å². The first-order valence-corrected chi connectivity index (χ1v) is 8.38. The molecule has 0 unspecified atom stereocenters. The molecule has 0 radical (unpaired) electrons. The number of halogens is 2. The number of fused-ring (bicyclic) bond motifs is 1. The Bertz CT molecular complexity index is 891. The number of H-pyrrole nitrogens is 1. The molecule has 0 aliphatic heterocycles. The molecule has 0 saturated heterocycles. The van der Waals surface area contributed by atoms with Crippen molar-refractivity contribution in [3.05, 3.63) is 64.6 Å². The number of hydrogen-bond acceptors (Lipinski definition) is 1. The molecule has 1 heterocycles. The zero-order valence-corrected chi connectivity index (χ0v) is 14.7. The molecule has 0 atom stereocenters. The van der Waals surface area contributed by atoms with E-state index >= 15 is 0 Å². The van der Waals surface area contributed by atoms with E-state index in [-0.39, 0.29) is 5.02 Å². The minimum atomic E-state index is -0.448. The lowest BCUT2D eigenvalue weighted by molar-refractivity contribution is 0.628. The Morgan fingerprint density at radius 2 is 2.08 bits per heavy atom. The maximum Gasteiger partial charge on any atom is 0.170 e. The fourth-order valence-corrected chi connectivity index (χ4v) is 2.96. The van der Waals surface area contributed by atoms with E-state index in [0.29, 0.717) is 17.3 Å². The van der Waals surface area contributed by atoms with Crippen LogP contribution in [0.15, 0.2) is 42.6 Å². The van der Waals surface area contributed by atoms with Crippen LogP contribution >= 0.6 is 23.8 Å². The van der Waals surface area contributed by atoms with E-state index < -0.39 is 5.82 Å². The lowest BCUT2D eigenvalue weighted by atomic mass is 10.1. The van der Waals surface area contributed by atoms with Gasteiger partial charge in [0.2, 0.25) is 0 Å². The molecule has 1 aromatic heterocycles. The maximum atomic E-state index is 13.1. The van der Waals surface area contributed by atoms with Gasteiger partial charge >= 0.3 is 0 Å². The van der Waals surface area contributed by atoms with Crippen LogP contribution in [0.25, 0.3) is 10.9 Å². The molecule has 0 saturated carbocycles. The van der Waals surface area contributed by atoms with E-state index in [2.05, 4.69) is 40.7 Å². The molecule has 0 aliphatic carbocycles. The summed E-state index contributed by atoms with van der Waals surface area (Å²) < 4.78 is 13.1. The predicted molar refractivity (Wildman–Crippen MR) is 102 cm³/mol. The monoisotopic (exact) mass is 361 g/mol. The minimum Gasteiger partial charge on any atom is -0.362 e. The number of hydrogen-bond donors (Lipinski definition) is 3. The largest absolute Gasteiger partial charge is 0.362 e. The van der Waals surface area contributed by atoms with Crippen molar-refractivity contribution in [1.82, 2.24) is 10.3 Å². The Hall–Kier alpha value is -2.11. The number of aryl methyl sites for hydroxylation is 1. The molecular formula is C18H17ClFN3S. The van der Waals surface area contributed by atoms with E-state index in [1.54, 1.807) is 6.07 Å². The van der Waals surface area contributed by atoms with Crippen LogP contribution in [0.2, 0.25) is 5.02 Å². The molecular weight excluding hydrogens is 345 g/mol. The highest BCUT2D eigenvalue weighted by atomic mass is 35.5. The Balaban J connectivity index is 1.56. The molecule has 0 fully saturated rings. The number of nitrogens with one attached hydrogen (secondary N) is 3. The van der Waals surface area contributed by atoms with E-state index in [1.807, 2.05) is 6.20 Å². The predicted octanol–water partition coefficient (Wildman–Crippen LogP) is 4.80. The van der Waals surface area contributed by atoms with Crippen molar-refractivity contribution in [2.45, 2.75) is 13.3 Å². The van der Waals surface area contributed by atoms with Gasteiger partial charge in [-0.3, -0.25) is 0 Å². The summed E-state index contributed by atoms with van der Waals surface area (Å²) in [5, 5.41) is 7.93. The second kappa shape index (κ2) is 7.20. The third-order valence-electron chi connectivity index (χ3n) is 3.78. The van der Waals surface area contributed by atoms with Gasteiger partial charge in [-0.1, -0.05) is 23.2 Å². The van der Waals surface area contributed by atoms with E-state index in [1.165, 1.54) is 28.6 Å². The summed E-state index contributed by atoms with van der Waals surface area (Å²) in [4.78, 5) is 3.28. The molecule has 3 aromatic rings. The Labute approximate surface area is 150 Å². The van der Waals surface area contributed by atoms with Gasteiger partial charge in [-0.25, -0.2) is 4.39 Å². The van der Waals surface area contributed by atoms with Crippen molar-refractivity contribution in [1.29, 1.82) is 0 Å². The average molecular weight is 362 g/mol. The third-order valence-corrected chi connectivity index (χ3v) is 4.32. The van der Waals surface area contributed by atoms with Gasteiger partial charge in [-0.05, 0) is 61.5 Å². The van der Waals surface area contributed by atoms with Crippen molar-refractivity contribution in [3.63, 3.8) is 0 Å². The molecule has 0 bridgehead atoms. The van der Waals surface area contributed by atoms with E-state index in [4.69, 9.17) is 23.8 Å². The van der Waals surface area contributed by atoms with Crippen LogP contribution in [-0.4, -0.2) is 16.6 Å². The summed E-state index contributed by atoms with van der Waals surface area (Å²) in [6.07, 6.45) is 2.87. The number of benzene rings is 2. The molecule has 3 N–H and O–H groups in total. The maximum absolute atomic E-state index is 13.1. The summed E-state index contributed by atoms with van der Waals surface area (Å²) in [5.74, 6) is -0.448. The Morgan fingerprint density at radius 3 is 2.88 bits per heavy atom. The lowest BCUT2D eigenvalue weighted by Crippen LogP contribution is -2.30. The van der Waals surface area contributed by atoms with Crippen molar-refractivity contribution in [3.8, 4) is 0 Å². The SMILES string of the molecule is Cc1ccc2[nH]cc(CCNC(=S)Nc3ccc(F)c(Cl)c3)c2c1. The fourth-order valence-electron chi connectivity index (χ4n) is 2.56. The zero-order valence-electron chi connectivity index (χ0n) is 13.1. The molecule has 3 rings (SSSR count). The number of aromatic amines is 1. The first-order valence-electron chi connectivity index (χ1n) is 7.59. The van der Waals surface area contributed by atoms with Gasteiger partial charge in [-0.2, -0.15) is 0 Å². The average Bonchev–Trinajstić information content (AvgIpc) is 2.93. The molecule has 0 aliphatic rings. The van der Waals surface area contributed by atoms with Crippen molar-refractivity contribution < 1.29 is 4.39 Å². The first-order chi connectivity index (χ1) is 11.5. The van der Waals surface area contributed by atoms with Crippen molar-refractivity contribution in [2.75, 3.05) is 11.9 Å². The highest BCUT2D eigenvalue weighted by molar-refractivity contribution is 7.80. The summed E-state index contributed by atoms with van der Waals surface area (Å²) in [6.45, 7) is 2.78. The smallest absolute Gasteiger partial charge is 0.170 e. The lowest BCUT2D eigenvalue weighted by Gasteiger charge is -2.10. The Kier molecular flexibility index (Phi) is 5.02. The van der Waals surface area contributed by atoms with Crippen LogP contribution in [0.5, 0.6) is 0 Å².